The molecule has 0 saturated heterocycles. The SMILES string of the molecule is Cc1cc(C)c(-n2c(O)c(C=Nc3ccc(Br)cc3Cl)c(=O)[nH]c2=O)c(C)c1. The number of aromatic nitrogens is 2. The summed E-state index contributed by atoms with van der Waals surface area (Å²) in [4.78, 5) is 31.1. The minimum Gasteiger partial charge on any atom is -0.493 e. The van der Waals surface area contributed by atoms with Crippen molar-refractivity contribution >= 4 is 39.4 Å². The number of rotatable bonds is 3. The van der Waals surface area contributed by atoms with Gasteiger partial charge in [0, 0.05) is 10.7 Å². The number of aliphatic imine (C=N–C) groups is 1. The second kappa shape index (κ2) is 7.77. The van der Waals surface area contributed by atoms with E-state index in [9.17, 15) is 14.7 Å². The van der Waals surface area contributed by atoms with Gasteiger partial charge >= 0.3 is 5.69 Å². The van der Waals surface area contributed by atoms with E-state index in [1.807, 2.05) is 32.9 Å². The van der Waals surface area contributed by atoms with Crippen LogP contribution in [0, 0.1) is 20.8 Å². The molecule has 0 atom stereocenters. The van der Waals surface area contributed by atoms with E-state index in [4.69, 9.17) is 11.6 Å². The molecule has 6 nitrogen and oxygen atoms in total. The molecule has 0 bridgehead atoms. The molecule has 3 aromatic rings. The summed E-state index contributed by atoms with van der Waals surface area (Å²) in [6.07, 6.45) is 1.19. The van der Waals surface area contributed by atoms with Crippen molar-refractivity contribution in [2.45, 2.75) is 20.8 Å². The summed E-state index contributed by atoms with van der Waals surface area (Å²) in [6.45, 7) is 5.61. The lowest BCUT2D eigenvalue weighted by atomic mass is 10.0. The van der Waals surface area contributed by atoms with Crippen molar-refractivity contribution in [1.29, 1.82) is 0 Å². The third kappa shape index (κ3) is 3.81. The van der Waals surface area contributed by atoms with Gasteiger partial charge < -0.3 is 5.11 Å². The molecule has 0 amide bonds. The van der Waals surface area contributed by atoms with E-state index in [1.54, 1.807) is 18.2 Å². The number of hydrogen-bond donors (Lipinski definition) is 2. The van der Waals surface area contributed by atoms with Crippen molar-refractivity contribution in [2.75, 3.05) is 0 Å². The number of halogens is 2. The summed E-state index contributed by atoms with van der Waals surface area (Å²) >= 11 is 9.44. The van der Waals surface area contributed by atoms with E-state index < -0.39 is 17.1 Å². The summed E-state index contributed by atoms with van der Waals surface area (Å²) in [7, 11) is 0. The number of hydrogen-bond acceptors (Lipinski definition) is 4. The molecule has 1 aromatic heterocycles. The summed E-state index contributed by atoms with van der Waals surface area (Å²) in [5.74, 6) is -0.485. The van der Waals surface area contributed by atoms with Crippen LogP contribution in [0.3, 0.4) is 0 Å². The zero-order valence-electron chi connectivity index (χ0n) is 15.4. The highest BCUT2D eigenvalue weighted by Crippen LogP contribution is 2.28. The van der Waals surface area contributed by atoms with Crippen molar-refractivity contribution in [3.8, 4) is 11.6 Å². The van der Waals surface area contributed by atoms with Crippen LogP contribution in [0.25, 0.3) is 5.69 Å². The fourth-order valence-corrected chi connectivity index (χ4v) is 3.83. The first-order valence-corrected chi connectivity index (χ1v) is 9.51. The van der Waals surface area contributed by atoms with Crippen LogP contribution < -0.4 is 11.2 Å². The zero-order valence-corrected chi connectivity index (χ0v) is 17.7. The molecule has 0 unspecified atom stereocenters. The highest BCUT2D eigenvalue weighted by Gasteiger charge is 2.17. The van der Waals surface area contributed by atoms with E-state index in [1.165, 1.54) is 6.21 Å². The average Bonchev–Trinajstić information content (AvgIpc) is 2.58. The Labute approximate surface area is 174 Å². The van der Waals surface area contributed by atoms with Crippen LogP contribution in [-0.2, 0) is 0 Å². The van der Waals surface area contributed by atoms with E-state index in [2.05, 4.69) is 25.9 Å². The molecular weight excluding hydrogens is 446 g/mol. The molecule has 0 aliphatic heterocycles. The van der Waals surface area contributed by atoms with Crippen molar-refractivity contribution in [2.24, 2.45) is 4.99 Å². The lowest BCUT2D eigenvalue weighted by Gasteiger charge is -2.15. The van der Waals surface area contributed by atoms with Gasteiger partial charge in [0.1, 0.15) is 5.56 Å². The molecule has 0 aliphatic carbocycles. The minimum atomic E-state index is -0.738. The molecule has 0 aliphatic rings. The number of aromatic amines is 1. The predicted octanol–water partition coefficient (Wildman–Crippen LogP) is 4.32. The summed E-state index contributed by atoms with van der Waals surface area (Å²) in [5, 5.41) is 11.1. The van der Waals surface area contributed by atoms with Crippen LogP contribution in [0.5, 0.6) is 5.88 Å². The third-order valence-electron chi connectivity index (χ3n) is 4.22. The Kier molecular flexibility index (Phi) is 5.58. The van der Waals surface area contributed by atoms with Gasteiger partial charge in [-0.1, -0.05) is 45.2 Å². The van der Waals surface area contributed by atoms with E-state index >= 15 is 0 Å². The van der Waals surface area contributed by atoms with Crippen molar-refractivity contribution in [1.82, 2.24) is 9.55 Å². The van der Waals surface area contributed by atoms with Gasteiger partial charge in [0.25, 0.3) is 5.56 Å². The number of benzene rings is 2. The smallest absolute Gasteiger partial charge is 0.335 e. The maximum Gasteiger partial charge on any atom is 0.335 e. The van der Waals surface area contributed by atoms with E-state index in [-0.39, 0.29) is 5.56 Å². The molecule has 1 heterocycles. The Balaban J connectivity index is 2.20. The molecule has 0 radical (unpaired) electrons. The molecule has 3 rings (SSSR count). The van der Waals surface area contributed by atoms with Gasteiger partial charge in [-0.25, -0.2) is 9.36 Å². The highest BCUT2D eigenvalue weighted by atomic mass is 79.9. The van der Waals surface area contributed by atoms with Gasteiger partial charge in [0.15, 0.2) is 0 Å². The Morgan fingerprint density at radius 1 is 1.14 bits per heavy atom. The lowest BCUT2D eigenvalue weighted by molar-refractivity contribution is 0.429. The first-order chi connectivity index (χ1) is 13.2. The first-order valence-electron chi connectivity index (χ1n) is 8.34. The van der Waals surface area contributed by atoms with Crippen LogP contribution in [0.1, 0.15) is 22.3 Å². The average molecular weight is 463 g/mol. The summed E-state index contributed by atoms with van der Waals surface area (Å²) in [5.41, 5.74) is 1.95. The second-order valence-electron chi connectivity index (χ2n) is 6.43. The van der Waals surface area contributed by atoms with Gasteiger partial charge in [-0.05, 0) is 50.1 Å². The molecule has 0 saturated carbocycles. The third-order valence-corrected chi connectivity index (χ3v) is 5.02. The number of aromatic hydroxyl groups is 1. The topological polar surface area (TPSA) is 87.4 Å². The Bertz CT molecular complexity index is 1210. The Morgan fingerprint density at radius 3 is 2.39 bits per heavy atom. The highest BCUT2D eigenvalue weighted by molar-refractivity contribution is 9.10. The maximum atomic E-state index is 12.4. The zero-order chi connectivity index (χ0) is 20.6. The van der Waals surface area contributed by atoms with Crippen LogP contribution in [-0.4, -0.2) is 20.9 Å². The van der Waals surface area contributed by atoms with Gasteiger partial charge in [0.2, 0.25) is 5.88 Å². The first kappa shape index (κ1) is 20.1. The molecule has 8 heteroatoms. The van der Waals surface area contributed by atoms with Crippen molar-refractivity contribution < 1.29 is 5.11 Å². The summed E-state index contributed by atoms with van der Waals surface area (Å²) in [6, 6.07) is 8.88. The standard InChI is InChI=1S/C20H17BrClN3O3/c1-10-6-11(2)17(12(3)7-10)25-19(27)14(18(26)24-20(25)28)9-23-16-5-4-13(21)8-15(16)22/h4-9,27H,1-3H3,(H,24,26,28). The number of H-pyrrole nitrogens is 1. The van der Waals surface area contributed by atoms with Crippen LogP contribution in [0.4, 0.5) is 5.69 Å². The van der Waals surface area contributed by atoms with Gasteiger partial charge in [-0.2, -0.15) is 0 Å². The number of aryl methyl sites for hydroxylation is 3. The minimum absolute atomic E-state index is 0.141. The maximum absolute atomic E-state index is 12.4. The van der Waals surface area contributed by atoms with Crippen LogP contribution in [0.15, 0.2) is 49.4 Å². The fraction of sp³-hybridized carbons (Fsp3) is 0.150. The van der Waals surface area contributed by atoms with Crippen LogP contribution in [0.2, 0.25) is 5.02 Å². The van der Waals surface area contributed by atoms with Gasteiger partial charge in [0.05, 0.1) is 16.4 Å². The number of nitrogens with one attached hydrogen (secondary N) is 1. The van der Waals surface area contributed by atoms with E-state index in [0.29, 0.717) is 16.4 Å². The quantitative estimate of drug-likeness (QED) is 0.568. The monoisotopic (exact) mass is 461 g/mol. The largest absolute Gasteiger partial charge is 0.493 e. The second-order valence-corrected chi connectivity index (χ2v) is 7.76. The Morgan fingerprint density at radius 2 is 1.79 bits per heavy atom. The normalized spacial score (nSPS) is 11.3. The molecule has 144 valence electrons. The summed E-state index contributed by atoms with van der Waals surface area (Å²) < 4.78 is 1.87. The molecular formula is C20H17BrClN3O3. The lowest BCUT2D eigenvalue weighted by Crippen LogP contribution is -2.32. The van der Waals surface area contributed by atoms with Crippen molar-refractivity contribution in [3.05, 3.63) is 82.9 Å². The van der Waals surface area contributed by atoms with Crippen molar-refractivity contribution in [3.63, 3.8) is 0 Å². The fourth-order valence-electron chi connectivity index (χ4n) is 3.11. The van der Waals surface area contributed by atoms with Crippen LogP contribution >= 0.6 is 27.5 Å². The molecule has 0 spiro atoms. The van der Waals surface area contributed by atoms with Gasteiger partial charge in [-0.3, -0.25) is 14.8 Å². The number of nitrogens with zero attached hydrogens (tertiary/aromatic N) is 2. The molecule has 2 N–H and O–H groups in total. The molecule has 2 aromatic carbocycles. The molecule has 28 heavy (non-hydrogen) atoms. The van der Waals surface area contributed by atoms with E-state index in [0.717, 1.165) is 25.7 Å². The Hall–Kier alpha value is -2.64. The molecule has 0 fully saturated rings. The predicted molar refractivity (Wildman–Crippen MR) is 115 cm³/mol. The van der Waals surface area contributed by atoms with Gasteiger partial charge in [-0.15, -0.1) is 0 Å².